The number of imide groups is 1. The molecule has 18 heavy (non-hydrogen) atoms. The van der Waals surface area contributed by atoms with E-state index in [1.807, 2.05) is 12.2 Å². The van der Waals surface area contributed by atoms with Gasteiger partial charge in [0.15, 0.2) is 17.6 Å². The largest absolute Gasteiger partial charge is 0.490 e. The number of hydrogen-bond acceptors (Lipinski definition) is 4. The molecule has 0 aliphatic rings. The molecular formula is C12H16N2O4. The van der Waals surface area contributed by atoms with Gasteiger partial charge in [0.1, 0.15) is 0 Å². The first kappa shape index (κ1) is 13.8. The Morgan fingerprint density at radius 1 is 1.33 bits per heavy atom. The Bertz CT molecular complexity index is 434. The number of primary amides is 1. The van der Waals surface area contributed by atoms with Crippen LogP contribution in [0, 0.1) is 0 Å². The molecule has 0 aliphatic carbocycles. The summed E-state index contributed by atoms with van der Waals surface area (Å²) >= 11 is 0. The summed E-state index contributed by atoms with van der Waals surface area (Å²) in [5, 5.41) is 1.95. The first-order chi connectivity index (χ1) is 8.54. The third-order valence-electron chi connectivity index (χ3n) is 2.07. The quantitative estimate of drug-likeness (QED) is 0.819. The molecule has 98 valence electrons. The fourth-order valence-electron chi connectivity index (χ4n) is 1.29. The number of nitrogens with one attached hydrogen (secondary N) is 1. The number of carbonyl (C=O) groups excluding carboxylic acids is 2. The zero-order valence-electron chi connectivity index (χ0n) is 10.3. The lowest BCUT2D eigenvalue weighted by Crippen LogP contribution is -2.42. The van der Waals surface area contributed by atoms with E-state index in [0.717, 1.165) is 0 Å². The standard InChI is InChI=1S/C12H16N2O4/c1-3-17-9-6-4-5-7-10(9)18-8(2)11(15)14-12(13)16/h4-8H,3H2,1-2H3,(H3,13,14,15,16)/t8-/m0/s1. The van der Waals surface area contributed by atoms with Crippen LogP contribution in [0.2, 0.25) is 0 Å². The molecule has 0 aliphatic heterocycles. The predicted molar refractivity (Wildman–Crippen MR) is 65.4 cm³/mol. The van der Waals surface area contributed by atoms with E-state index in [-0.39, 0.29) is 0 Å². The van der Waals surface area contributed by atoms with Gasteiger partial charge < -0.3 is 15.2 Å². The summed E-state index contributed by atoms with van der Waals surface area (Å²) < 4.78 is 10.8. The van der Waals surface area contributed by atoms with Gasteiger partial charge in [0.05, 0.1) is 6.61 Å². The van der Waals surface area contributed by atoms with Crippen molar-refractivity contribution in [2.75, 3.05) is 6.61 Å². The number of amides is 3. The van der Waals surface area contributed by atoms with Crippen LogP contribution in [0.4, 0.5) is 4.79 Å². The average molecular weight is 252 g/mol. The van der Waals surface area contributed by atoms with Gasteiger partial charge in [0.25, 0.3) is 5.91 Å². The number of carbonyl (C=O) groups is 2. The number of ether oxygens (including phenoxy) is 2. The molecule has 0 heterocycles. The van der Waals surface area contributed by atoms with Gasteiger partial charge in [-0.05, 0) is 26.0 Å². The lowest BCUT2D eigenvalue weighted by molar-refractivity contribution is -0.126. The van der Waals surface area contributed by atoms with Crippen molar-refractivity contribution in [3.63, 3.8) is 0 Å². The van der Waals surface area contributed by atoms with Gasteiger partial charge in [-0.1, -0.05) is 12.1 Å². The van der Waals surface area contributed by atoms with E-state index in [0.29, 0.717) is 18.1 Å². The van der Waals surface area contributed by atoms with Crippen LogP contribution >= 0.6 is 0 Å². The van der Waals surface area contributed by atoms with Crippen molar-refractivity contribution < 1.29 is 19.1 Å². The Morgan fingerprint density at radius 2 is 1.94 bits per heavy atom. The Kier molecular flexibility index (Phi) is 4.98. The van der Waals surface area contributed by atoms with Crippen LogP contribution in [0.3, 0.4) is 0 Å². The number of nitrogens with two attached hydrogens (primary N) is 1. The molecule has 0 saturated heterocycles. The molecule has 1 rings (SSSR count). The molecule has 6 nitrogen and oxygen atoms in total. The van der Waals surface area contributed by atoms with E-state index in [4.69, 9.17) is 15.2 Å². The summed E-state index contributed by atoms with van der Waals surface area (Å²) in [4.78, 5) is 22.0. The van der Waals surface area contributed by atoms with Crippen molar-refractivity contribution >= 4 is 11.9 Å². The Balaban J connectivity index is 2.71. The second-order valence-electron chi connectivity index (χ2n) is 3.49. The molecule has 0 unspecified atom stereocenters. The van der Waals surface area contributed by atoms with Gasteiger partial charge in [-0.3, -0.25) is 10.1 Å². The Morgan fingerprint density at radius 3 is 2.50 bits per heavy atom. The number of hydrogen-bond donors (Lipinski definition) is 2. The van der Waals surface area contributed by atoms with Crippen molar-refractivity contribution in [1.29, 1.82) is 0 Å². The topological polar surface area (TPSA) is 90.7 Å². The molecule has 3 N–H and O–H groups in total. The summed E-state index contributed by atoms with van der Waals surface area (Å²) in [7, 11) is 0. The van der Waals surface area contributed by atoms with Gasteiger partial charge in [0, 0.05) is 0 Å². The lowest BCUT2D eigenvalue weighted by Gasteiger charge is -2.16. The van der Waals surface area contributed by atoms with E-state index in [1.54, 1.807) is 24.3 Å². The maximum Gasteiger partial charge on any atom is 0.318 e. The second kappa shape index (κ2) is 6.48. The second-order valence-corrected chi connectivity index (χ2v) is 3.49. The SMILES string of the molecule is CCOc1ccccc1O[C@@H](C)C(=O)NC(N)=O. The number of benzene rings is 1. The maximum atomic E-state index is 11.4. The van der Waals surface area contributed by atoms with Gasteiger partial charge in [-0.2, -0.15) is 0 Å². The fourth-order valence-corrected chi connectivity index (χ4v) is 1.29. The van der Waals surface area contributed by atoms with Crippen LogP contribution < -0.4 is 20.5 Å². The highest BCUT2D eigenvalue weighted by Crippen LogP contribution is 2.27. The van der Waals surface area contributed by atoms with E-state index in [9.17, 15) is 9.59 Å². The van der Waals surface area contributed by atoms with Crippen LogP contribution in [-0.4, -0.2) is 24.6 Å². The smallest absolute Gasteiger partial charge is 0.318 e. The molecular weight excluding hydrogens is 236 g/mol. The van der Waals surface area contributed by atoms with Gasteiger partial charge in [0.2, 0.25) is 0 Å². The van der Waals surface area contributed by atoms with E-state index in [2.05, 4.69) is 0 Å². The first-order valence-electron chi connectivity index (χ1n) is 5.53. The highest BCUT2D eigenvalue weighted by Gasteiger charge is 2.17. The summed E-state index contributed by atoms with van der Waals surface area (Å²) in [6.45, 7) is 3.85. The first-order valence-corrected chi connectivity index (χ1v) is 5.53. The summed E-state index contributed by atoms with van der Waals surface area (Å²) in [6.07, 6.45) is -0.848. The molecule has 0 aromatic heterocycles. The van der Waals surface area contributed by atoms with Crippen LogP contribution in [0.5, 0.6) is 11.5 Å². The number of para-hydroxylation sites is 2. The van der Waals surface area contributed by atoms with Crippen LogP contribution in [0.25, 0.3) is 0 Å². The summed E-state index contributed by atoms with van der Waals surface area (Å²) in [5.41, 5.74) is 4.85. The maximum absolute atomic E-state index is 11.4. The average Bonchev–Trinajstić information content (AvgIpc) is 2.31. The molecule has 0 saturated carbocycles. The van der Waals surface area contributed by atoms with Crippen molar-refractivity contribution in [3.8, 4) is 11.5 Å². The minimum atomic E-state index is -0.909. The van der Waals surface area contributed by atoms with Crippen molar-refractivity contribution in [1.82, 2.24) is 5.32 Å². The van der Waals surface area contributed by atoms with Crippen molar-refractivity contribution in [2.45, 2.75) is 20.0 Å². The molecule has 0 fully saturated rings. The molecule has 1 atom stereocenters. The molecule has 1 aromatic rings. The van der Waals surface area contributed by atoms with Crippen LogP contribution in [0.1, 0.15) is 13.8 Å². The predicted octanol–water partition coefficient (Wildman–Crippen LogP) is 1.05. The molecule has 0 spiro atoms. The highest BCUT2D eigenvalue weighted by atomic mass is 16.5. The highest BCUT2D eigenvalue weighted by molar-refractivity contribution is 5.95. The van der Waals surface area contributed by atoms with Crippen LogP contribution in [0.15, 0.2) is 24.3 Å². The molecule has 0 radical (unpaired) electrons. The monoisotopic (exact) mass is 252 g/mol. The zero-order valence-corrected chi connectivity index (χ0v) is 10.3. The van der Waals surface area contributed by atoms with Gasteiger partial charge in [-0.25, -0.2) is 4.79 Å². The third kappa shape index (κ3) is 3.97. The van der Waals surface area contributed by atoms with Gasteiger partial charge in [-0.15, -0.1) is 0 Å². The van der Waals surface area contributed by atoms with Crippen molar-refractivity contribution in [3.05, 3.63) is 24.3 Å². The van der Waals surface area contributed by atoms with E-state index in [1.165, 1.54) is 6.92 Å². The summed E-state index contributed by atoms with van der Waals surface area (Å²) in [6, 6.07) is 6.06. The molecule has 6 heteroatoms. The number of rotatable bonds is 5. The van der Waals surface area contributed by atoms with Crippen molar-refractivity contribution in [2.24, 2.45) is 5.73 Å². The third-order valence-corrected chi connectivity index (χ3v) is 2.07. The lowest BCUT2D eigenvalue weighted by atomic mass is 10.3. The minimum absolute atomic E-state index is 0.437. The Hall–Kier alpha value is -2.24. The molecule has 0 bridgehead atoms. The fraction of sp³-hybridized carbons (Fsp3) is 0.333. The van der Waals surface area contributed by atoms with Crippen LogP contribution in [-0.2, 0) is 4.79 Å². The van der Waals surface area contributed by atoms with E-state index < -0.39 is 18.0 Å². The normalized spacial score (nSPS) is 11.4. The Labute approximate surface area is 105 Å². The number of urea groups is 1. The van der Waals surface area contributed by atoms with E-state index >= 15 is 0 Å². The molecule has 1 aromatic carbocycles. The minimum Gasteiger partial charge on any atom is -0.490 e. The molecule has 3 amide bonds. The summed E-state index contributed by atoms with van der Waals surface area (Å²) in [5.74, 6) is 0.374. The van der Waals surface area contributed by atoms with Gasteiger partial charge >= 0.3 is 6.03 Å². The zero-order chi connectivity index (χ0) is 13.5.